The second-order valence-corrected chi connectivity index (χ2v) is 7.63. The summed E-state index contributed by atoms with van der Waals surface area (Å²) in [5.41, 5.74) is 0. The van der Waals surface area contributed by atoms with Crippen molar-refractivity contribution in [1.82, 2.24) is 20.1 Å². The van der Waals surface area contributed by atoms with Crippen LogP contribution in [0.2, 0.25) is 0 Å². The van der Waals surface area contributed by atoms with E-state index in [-0.39, 0.29) is 5.91 Å². The highest BCUT2D eigenvalue weighted by molar-refractivity contribution is 7.99. The molecule has 0 bridgehead atoms. The van der Waals surface area contributed by atoms with E-state index in [4.69, 9.17) is 0 Å². The molecule has 0 unspecified atom stereocenters. The van der Waals surface area contributed by atoms with Gasteiger partial charge in [0, 0.05) is 18.5 Å². The van der Waals surface area contributed by atoms with Gasteiger partial charge in [-0.2, -0.15) is 0 Å². The molecule has 1 aliphatic rings. The van der Waals surface area contributed by atoms with Gasteiger partial charge in [0.15, 0.2) is 5.16 Å². The standard InChI is InChI=1S/C17H30N4OS/c1-4-11-21-16(13(2)3)19-20-17(21)23-12-15(22)18-14-9-7-5-6-8-10-14/h13-14H,4-12H2,1-3H3,(H,18,22). The highest BCUT2D eigenvalue weighted by Crippen LogP contribution is 2.22. The van der Waals surface area contributed by atoms with Crippen molar-refractivity contribution in [3.63, 3.8) is 0 Å². The van der Waals surface area contributed by atoms with Gasteiger partial charge in [0.05, 0.1) is 5.75 Å². The monoisotopic (exact) mass is 338 g/mol. The summed E-state index contributed by atoms with van der Waals surface area (Å²) < 4.78 is 2.16. The Morgan fingerprint density at radius 2 is 1.96 bits per heavy atom. The van der Waals surface area contributed by atoms with E-state index in [0.29, 0.717) is 17.7 Å². The van der Waals surface area contributed by atoms with Crippen molar-refractivity contribution >= 4 is 17.7 Å². The van der Waals surface area contributed by atoms with Crippen molar-refractivity contribution < 1.29 is 4.79 Å². The molecule has 130 valence electrons. The van der Waals surface area contributed by atoms with Gasteiger partial charge >= 0.3 is 0 Å². The molecular weight excluding hydrogens is 308 g/mol. The fourth-order valence-corrected chi connectivity index (χ4v) is 3.87. The van der Waals surface area contributed by atoms with Crippen LogP contribution < -0.4 is 5.32 Å². The van der Waals surface area contributed by atoms with Crippen LogP contribution in [0.15, 0.2) is 5.16 Å². The smallest absolute Gasteiger partial charge is 0.230 e. The molecule has 1 N–H and O–H groups in total. The van der Waals surface area contributed by atoms with Crippen LogP contribution in [0.1, 0.15) is 77.5 Å². The van der Waals surface area contributed by atoms with Gasteiger partial charge in [-0.3, -0.25) is 4.79 Å². The van der Waals surface area contributed by atoms with Crippen molar-refractivity contribution in [3.05, 3.63) is 5.82 Å². The van der Waals surface area contributed by atoms with E-state index >= 15 is 0 Å². The molecular formula is C17H30N4OS. The number of carbonyl (C=O) groups is 1. The van der Waals surface area contributed by atoms with Gasteiger partial charge in [0.2, 0.25) is 5.91 Å². The minimum Gasteiger partial charge on any atom is -0.353 e. The summed E-state index contributed by atoms with van der Waals surface area (Å²) in [5.74, 6) is 1.91. The number of rotatable bonds is 7. The summed E-state index contributed by atoms with van der Waals surface area (Å²) in [7, 11) is 0. The summed E-state index contributed by atoms with van der Waals surface area (Å²) in [4.78, 5) is 12.2. The predicted molar refractivity (Wildman–Crippen MR) is 94.8 cm³/mol. The third-order valence-electron chi connectivity index (χ3n) is 4.26. The number of nitrogens with zero attached hydrogens (tertiary/aromatic N) is 3. The summed E-state index contributed by atoms with van der Waals surface area (Å²) in [6.45, 7) is 7.32. The molecule has 0 aromatic carbocycles. The average molecular weight is 339 g/mol. The first-order valence-electron chi connectivity index (χ1n) is 8.97. The molecule has 0 spiro atoms. The van der Waals surface area contributed by atoms with Gasteiger partial charge in [0.25, 0.3) is 0 Å². The number of nitrogens with one attached hydrogen (secondary N) is 1. The van der Waals surface area contributed by atoms with E-state index in [9.17, 15) is 4.79 Å². The lowest BCUT2D eigenvalue weighted by molar-refractivity contribution is -0.119. The first-order valence-corrected chi connectivity index (χ1v) is 9.95. The van der Waals surface area contributed by atoms with Gasteiger partial charge in [-0.1, -0.05) is 58.2 Å². The number of aromatic nitrogens is 3. The zero-order valence-electron chi connectivity index (χ0n) is 14.7. The van der Waals surface area contributed by atoms with E-state index in [1.165, 1.54) is 37.4 Å². The molecule has 0 saturated heterocycles. The third kappa shape index (κ3) is 5.52. The van der Waals surface area contributed by atoms with Crippen LogP contribution in [0.4, 0.5) is 0 Å². The molecule has 1 heterocycles. The highest BCUT2D eigenvalue weighted by Gasteiger charge is 2.18. The van der Waals surface area contributed by atoms with Crippen molar-refractivity contribution in [2.24, 2.45) is 0 Å². The Morgan fingerprint density at radius 1 is 1.26 bits per heavy atom. The Balaban J connectivity index is 1.88. The van der Waals surface area contributed by atoms with Crippen LogP contribution in [-0.2, 0) is 11.3 Å². The Labute approximate surface area is 144 Å². The molecule has 1 amide bonds. The number of carbonyl (C=O) groups excluding carboxylic acids is 1. The fraction of sp³-hybridized carbons (Fsp3) is 0.824. The van der Waals surface area contributed by atoms with Gasteiger partial charge in [0.1, 0.15) is 5.82 Å². The van der Waals surface area contributed by atoms with Crippen molar-refractivity contribution in [3.8, 4) is 0 Å². The van der Waals surface area contributed by atoms with Crippen LogP contribution in [-0.4, -0.2) is 32.5 Å². The maximum absolute atomic E-state index is 12.2. The number of hydrogen-bond donors (Lipinski definition) is 1. The van der Waals surface area contributed by atoms with Gasteiger partial charge in [-0.15, -0.1) is 10.2 Å². The molecule has 2 rings (SSSR count). The number of amides is 1. The summed E-state index contributed by atoms with van der Waals surface area (Å²) in [6.07, 6.45) is 8.37. The predicted octanol–water partition coefficient (Wildman–Crippen LogP) is 3.74. The summed E-state index contributed by atoms with van der Waals surface area (Å²) in [5, 5.41) is 12.6. The van der Waals surface area contributed by atoms with E-state index < -0.39 is 0 Å². The number of hydrogen-bond acceptors (Lipinski definition) is 4. The van der Waals surface area contributed by atoms with Crippen molar-refractivity contribution in [2.75, 3.05) is 5.75 Å². The maximum Gasteiger partial charge on any atom is 0.230 e. The van der Waals surface area contributed by atoms with Gasteiger partial charge < -0.3 is 9.88 Å². The Bertz CT molecular complexity index is 493. The molecule has 1 aromatic heterocycles. The zero-order valence-corrected chi connectivity index (χ0v) is 15.5. The van der Waals surface area contributed by atoms with Crippen LogP contribution in [0.3, 0.4) is 0 Å². The molecule has 1 aromatic rings. The molecule has 23 heavy (non-hydrogen) atoms. The molecule has 0 atom stereocenters. The molecule has 0 aliphatic heterocycles. The summed E-state index contributed by atoms with van der Waals surface area (Å²) >= 11 is 1.50. The first-order chi connectivity index (χ1) is 11.1. The van der Waals surface area contributed by atoms with E-state index in [0.717, 1.165) is 36.8 Å². The van der Waals surface area contributed by atoms with Crippen molar-refractivity contribution in [1.29, 1.82) is 0 Å². The quantitative estimate of drug-likeness (QED) is 0.608. The van der Waals surface area contributed by atoms with E-state index in [2.05, 4.69) is 40.9 Å². The zero-order chi connectivity index (χ0) is 16.7. The normalized spacial score (nSPS) is 16.5. The minimum atomic E-state index is 0.124. The molecule has 5 nitrogen and oxygen atoms in total. The topological polar surface area (TPSA) is 59.8 Å². The molecule has 1 fully saturated rings. The Hall–Kier alpha value is -1.04. The molecule has 1 saturated carbocycles. The fourth-order valence-electron chi connectivity index (χ4n) is 3.09. The van der Waals surface area contributed by atoms with Crippen LogP contribution in [0.25, 0.3) is 0 Å². The molecule has 1 aliphatic carbocycles. The maximum atomic E-state index is 12.2. The molecule has 6 heteroatoms. The summed E-state index contributed by atoms with van der Waals surface area (Å²) in [6, 6.07) is 0.366. The SMILES string of the molecule is CCCn1c(SCC(=O)NC2CCCCCC2)nnc1C(C)C. The second kappa shape index (κ2) is 9.30. The average Bonchev–Trinajstić information content (AvgIpc) is 2.74. The van der Waals surface area contributed by atoms with Crippen LogP contribution in [0.5, 0.6) is 0 Å². The van der Waals surface area contributed by atoms with E-state index in [1.54, 1.807) is 0 Å². The molecule has 0 radical (unpaired) electrons. The Kier molecular flexibility index (Phi) is 7.40. The first kappa shape index (κ1) is 18.3. The largest absolute Gasteiger partial charge is 0.353 e. The lowest BCUT2D eigenvalue weighted by atomic mass is 10.1. The van der Waals surface area contributed by atoms with Crippen molar-refractivity contribution in [2.45, 2.75) is 89.4 Å². The third-order valence-corrected chi connectivity index (χ3v) is 5.23. The Morgan fingerprint density at radius 3 is 2.57 bits per heavy atom. The second-order valence-electron chi connectivity index (χ2n) is 6.69. The minimum absolute atomic E-state index is 0.124. The lowest BCUT2D eigenvalue weighted by Gasteiger charge is -2.16. The van der Waals surface area contributed by atoms with Gasteiger partial charge in [-0.25, -0.2) is 0 Å². The number of thioether (sulfide) groups is 1. The highest BCUT2D eigenvalue weighted by atomic mass is 32.2. The van der Waals surface area contributed by atoms with Crippen LogP contribution in [0, 0.1) is 0 Å². The van der Waals surface area contributed by atoms with E-state index in [1.807, 2.05) is 0 Å². The van der Waals surface area contributed by atoms with Gasteiger partial charge in [-0.05, 0) is 19.3 Å². The lowest BCUT2D eigenvalue weighted by Crippen LogP contribution is -2.35. The van der Waals surface area contributed by atoms with Crippen LogP contribution >= 0.6 is 11.8 Å².